The van der Waals surface area contributed by atoms with Gasteiger partial charge in [-0.2, -0.15) is 0 Å². The molecule has 0 aliphatic heterocycles. The standard InChI is InChI=1S/C5HCl11O/c6-1(7,4(11,12)13)3(10,17)2(8,9)5(14,15)16/h17H. The fraction of sp³-hybridized carbons (Fsp3) is 1.00. The van der Waals surface area contributed by atoms with Gasteiger partial charge >= 0.3 is 0 Å². The minimum absolute atomic E-state index is 2.47. The molecule has 0 spiro atoms. The molecule has 0 amide bonds. The fourth-order valence-corrected chi connectivity index (χ4v) is 2.73. The summed E-state index contributed by atoms with van der Waals surface area (Å²) in [6.07, 6.45) is 0. The van der Waals surface area contributed by atoms with Crippen LogP contribution in [-0.2, 0) is 0 Å². The highest BCUT2D eigenvalue weighted by molar-refractivity contribution is 6.80. The maximum Gasteiger partial charge on any atom is 0.227 e. The quantitative estimate of drug-likeness (QED) is 0.494. The maximum atomic E-state index is 9.97. The van der Waals surface area contributed by atoms with Crippen molar-refractivity contribution in [3.05, 3.63) is 0 Å². The molecule has 1 nitrogen and oxygen atoms in total. The Morgan fingerprint density at radius 1 is 0.471 bits per heavy atom. The van der Waals surface area contributed by atoms with Crippen LogP contribution < -0.4 is 0 Å². The van der Waals surface area contributed by atoms with Crippen LogP contribution >= 0.6 is 128 Å². The summed E-state index contributed by atoms with van der Waals surface area (Å²) in [5.41, 5.74) is 0. The molecule has 0 aliphatic rings. The molecule has 104 valence electrons. The van der Waals surface area contributed by atoms with Crippen molar-refractivity contribution in [3.63, 3.8) is 0 Å². The molecule has 0 unspecified atom stereocenters. The van der Waals surface area contributed by atoms with Crippen molar-refractivity contribution in [2.24, 2.45) is 0 Å². The van der Waals surface area contributed by atoms with Gasteiger partial charge in [-0.15, -0.1) is 0 Å². The molecule has 1 N–H and O–H groups in total. The van der Waals surface area contributed by atoms with Gasteiger partial charge in [-0.25, -0.2) is 0 Å². The Balaban J connectivity index is 5.73. The fourth-order valence-electron chi connectivity index (χ4n) is 0.573. The monoisotopic (exact) mass is 462 g/mol. The van der Waals surface area contributed by atoms with E-state index < -0.39 is 21.3 Å². The Hall–Kier alpha value is 3.15. The third-order valence-electron chi connectivity index (χ3n) is 1.54. The Kier molecular flexibility index (Phi) is 6.80. The van der Waals surface area contributed by atoms with E-state index in [2.05, 4.69) is 0 Å². The molecular weight excluding hydrogens is 466 g/mol. The molecule has 0 saturated carbocycles. The number of hydrogen-bond acceptors (Lipinski definition) is 1. The van der Waals surface area contributed by atoms with E-state index >= 15 is 0 Å². The second-order valence-corrected chi connectivity index (χ2v) is 10.5. The van der Waals surface area contributed by atoms with Crippen LogP contribution in [0.25, 0.3) is 0 Å². The Morgan fingerprint density at radius 2 is 0.647 bits per heavy atom. The molecule has 0 aromatic rings. The lowest BCUT2D eigenvalue weighted by atomic mass is 10.1. The van der Waals surface area contributed by atoms with Gasteiger partial charge in [-0.05, 0) is 0 Å². The highest BCUT2D eigenvalue weighted by Gasteiger charge is 2.73. The van der Waals surface area contributed by atoms with Crippen LogP contribution in [0, 0.1) is 0 Å². The summed E-state index contributed by atoms with van der Waals surface area (Å²) in [4.78, 5) is 0. The van der Waals surface area contributed by atoms with Crippen molar-refractivity contribution in [1.29, 1.82) is 0 Å². The number of rotatable bonds is 2. The third kappa shape index (κ3) is 3.67. The van der Waals surface area contributed by atoms with Gasteiger partial charge in [-0.1, -0.05) is 128 Å². The summed E-state index contributed by atoms with van der Waals surface area (Å²) in [6.45, 7) is 0. The van der Waals surface area contributed by atoms with Crippen LogP contribution in [0.3, 0.4) is 0 Å². The lowest BCUT2D eigenvalue weighted by Gasteiger charge is -2.46. The normalized spacial score (nSPS) is 16.2. The molecule has 0 heterocycles. The van der Waals surface area contributed by atoms with Gasteiger partial charge < -0.3 is 5.11 Å². The SMILES string of the molecule is OC(Cl)(C(Cl)(Cl)C(Cl)(Cl)Cl)C(Cl)(Cl)C(Cl)(Cl)Cl. The lowest BCUT2D eigenvalue weighted by Crippen LogP contribution is -2.63. The molecule has 0 aliphatic carbocycles. The summed E-state index contributed by atoms with van der Waals surface area (Å²) in [5.74, 6) is 0. The average Bonchev–Trinajstić information content (AvgIpc) is 1.98. The number of aliphatic hydroxyl groups is 1. The van der Waals surface area contributed by atoms with Gasteiger partial charge in [-0.3, -0.25) is 0 Å². The van der Waals surface area contributed by atoms with Crippen LogP contribution in [0.5, 0.6) is 0 Å². The van der Waals surface area contributed by atoms with Gasteiger partial charge in [0.05, 0.1) is 0 Å². The third-order valence-corrected chi connectivity index (χ3v) is 7.59. The van der Waals surface area contributed by atoms with Crippen LogP contribution in [-0.4, -0.2) is 26.4 Å². The summed E-state index contributed by atoms with van der Waals surface area (Å²) < 4.78 is -10.3. The molecule has 0 radical (unpaired) electrons. The Bertz CT molecular complexity index is 255. The molecule has 0 bridgehead atoms. The maximum absolute atomic E-state index is 9.97. The smallest absolute Gasteiger partial charge is 0.227 e. The molecule has 0 aromatic carbocycles. The Labute approximate surface area is 152 Å². The predicted molar refractivity (Wildman–Crippen MR) is 80.3 cm³/mol. The van der Waals surface area contributed by atoms with Crippen molar-refractivity contribution >= 4 is 128 Å². The van der Waals surface area contributed by atoms with E-state index in [0.29, 0.717) is 0 Å². The van der Waals surface area contributed by atoms with E-state index in [1.165, 1.54) is 0 Å². The molecule has 12 heteroatoms. The second kappa shape index (κ2) is 5.74. The first kappa shape index (κ1) is 20.1. The first-order valence-electron chi connectivity index (χ1n) is 3.30. The molecule has 0 saturated heterocycles. The van der Waals surface area contributed by atoms with E-state index in [1.54, 1.807) is 0 Å². The summed E-state index contributed by atoms with van der Waals surface area (Å²) in [7, 11) is 0. The molecule has 0 fully saturated rings. The first-order chi connectivity index (χ1) is 7.00. The van der Waals surface area contributed by atoms with Crippen LogP contribution in [0.1, 0.15) is 0 Å². The molecule has 0 aromatic heterocycles. The number of hydrogen-bond donors (Lipinski definition) is 1. The van der Waals surface area contributed by atoms with E-state index in [4.69, 9.17) is 128 Å². The average molecular weight is 467 g/mol. The number of alkyl halides is 11. The lowest BCUT2D eigenvalue weighted by molar-refractivity contribution is 0.0930. The Morgan fingerprint density at radius 3 is 0.765 bits per heavy atom. The van der Waals surface area contributed by atoms with Crippen molar-refractivity contribution in [2.45, 2.75) is 21.3 Å². The summed E-state index contributed by atoms with van der Waals surface area (Å²) in [5, 5.41) is 6.97. The van der Waals surface area contributed by atoms with Crippen molar-refractivity contribution in [3.8, 4) is 0 Å². The van der Waals surface area contributed by atoms with Crippen LogP contribution in [0.4, 0.5) is 0 Å². The van der Waals surface area contributed by atoms with Crippen molar-refractivity contribution in [2.75, 3.05) is 0 Å². The van der Waals surface area contributed by atoms with Crippen LogP contribution in [0.15, 0.2) is 0 Å². The predicted octanol–water partition coefficient (Wildman–Crippen LogP) is 6.00. The van der Waals surface area contributed by atoms with Gasteiger partial charge in [0.2, 0.25) is 21.3 Å². The molecular formula is C5HCl11O. The van der Waals surface area contributed by atoms with Gasteiger partial charge in [0.25, 0.3) is 0 Å². The van der Waals surface area contributed by atoms with E-state index in [0.717, 1.165) is 0 Å². The largest absolute Gasteiger partial charge is 0.370 e. The van der Waals surface area contributed by atoms with E-state index in [9.17, 15) is 5.11 Å². The van der Waals surface area contributed by atoms with Gasteiger partial charge in [0.1, 0.15) is 0 Å². The zero-order chi connectivity index (χ0) is 14.5. The minimum atomic E-state index is -3.00. The summed E-state index contributed by atoms with van der Waals surface area (Å²) in [6, 6.07) is 0. The van der Waals surface area contributed by atoms with E-state index in [-0.39, 0.29) is 0 Å². The molecule has 0 rings (SSSR count). The van der Waals surface area contributed by atoms with Crippen molar-refractivity contribution < 1.29 is 5.11 Å². The molecule has 17 heavy (non-hydrogen) atoms. The summed E-state index contributed by atoms with van der Waals surface area (Å²) >= 11 is 60.8. The van der Waals surface area contributed by atoms with Gasteiger partial charge in [0.15, 0.2) is 0 Å². The highest BCUT2D eigenvalue weighted by atomic mass is 35.6. The minimum Gasteiger partial charge on any atom is -0.370 e. The van der Waals surface area contributed by atoms with Crippen LogP contribution in [0.2, 0.25) is 0 Å². The zero-order valence-corrected chi connectivity index (χ0v) is 15.4. The zero-order valence-electron chi connectivity index (χ0n) is 7.10. The first-order valence-corrected chi connectivity index (χ1v) is 7.46. The highest BCUT2D eigenvalue weighted by Crippen LogP contribution is 2.64. The molecule has 0 atom stereocenters. The van der Waals surface area contributed by atoms with Crippen molar-refractivity contribution in [1.82, 2.24) is 0 Å². The topological polar surface area (TPSA) is 20.2 Å². The number of halogens is 11. The van der Waals surface area contributed by atoms with E-state index in [1.807, 2.05) is 0 Å². The van der Waals surface area contributed by atoms with Gasteiger partial charge in [0, 0.05) is 0 Å². The second-order valence-electron chi connectivity index (χ2n) is 2.77.